The van der Waals surface area contributed by atoms with E-state index in [2.05, 4.69) is 25.5 Å². The van der Waals surface area contributed by atoms with Gasteiger partial charge in [-0.25, -0.2) is 9.37 Å². The van der Waals surface area contributed by atoms with Crippen LogP contribution in [0.4, 0.5) is 21.7 Å². The molecule has 4 aromatic rings. The van der Waals surface area contributed by atoms with E-state index in [1.807, 2.05) is 29.2 Å². The zero-order chi connectivity index (χ0) is 28.0. The van der Waals surface area contributed by atoms with Crippen LogP contribution in [0, 0.1) is 5.82 Å². The molecule has 0 spiro atoms. The Hall–Kier alpha value is -4.28. The third kappa shape index (κ3) is 6.55. The molecule has 2 saturated heterocycles. The number of likely N-dealkylation sites (tertiary alicyclic amines) is 1. The number of amides is 1. The van der Waals surface area contributed by atoms with Crippen LogP contribution >= 0.6 is 0 Å². The van der Waals surface area contributed by atoms with Gasteiger partial charge in [0.25, 0.3) is 5.91 Å². The highest BCUT2D eigenvalue weighted by Gasteiger charge is 2.17. The molecule has 1 amide bonds. The van der Waals surface area contributed by atoms with Crippen LogP contribution in [0.5, 0.6) is 11.6 Å². The Bertz CT molecular complexity index is 1520. The van der Waals surface area contributed by atoms with Gasteiger partial charge in [-0.05, 0) is 56.3 Å². The third-order valence-electron chi connectivity index (χ3n) is 7.41. The molecule has 1 aromatic heterocycles. The first kappa shape index (κ1) is 26.9. The van der Waals surface area contributed by atoms with Crippen LogP contribution in [0.15, 0.2) is 66.9 Å². The lowest BCUT2D eigenvalue weighted by Gasteiger charge is -2.29. The van der Waals surface area contributed by atoms with Crippen molar-refractivity contribution in [3.05, 3.63) is 78.2 Å². The summed E-state index contributed by atoms with van der Waals surface area (Å²) in [6, 6.07) is 17.4. The Morgan fingerprint density at radius 2 is 1.78 bits per heavy atom. The predicted octanol–water partition coefficient (Wildman–Crippen LogP) is 5.16. The monoisotopic (exact) mass is 556 g/mol. The van der Waals surface area contributed by atoms with Gasteiger partial charge in [0.15, 0.2) is 0 Å². The van der Waals surface area contributed by atoms with E-state index in [1.165, 1.54) is 25.0 Å². The van der Waals surface area contributed by atoms with Gasteiger partial charge in [-0.2, -0.15) is 4.98 Å². The van der Waals surface area contributed by atoms with Gasteiger partial charge < -0.3 is 29.9 Å². The number of rotatable bonds is 9. The fraction of sp³-hybridized carbons (Fsp3) is 0.323. The number of hydrogen-bond acceptors (Lipinski definition) is 8. The van der Waals surface area contributed by atoms with E-state index >= 15 is 0 Å². The second-order valence-electron chi connectivity index (χ2n) is 10.2. The van der Waals surface area contributed by atoms with Crippen LogP contribution in [0.3, 0.4) is 0 Å². The number of halogens is 1. The number of ether oxygens (including phenoxy) is 2. The third-order valence-corrected chi connectivity index (χ3v) is 7.41. The van der Waals surface area contributed by atoms with Gasteiger partial charge in [0, 0.05) is 66.2 Å². The largest absolute Gasteiger partial charge is 0.438 e. The summed E-state index contributed by atoms with van der Waals surface area (Å²) in [6.07, 6.45) is 4.19. The van der Waals surface area contributed by atoms with E-state index < -0.39 is 11.7 Å². The van der Waals surface area contributed by atoms with Gasteiger partial charge in [-0.15, -0.1) is 0 Å². The molecule has 2 fully saturated rings. The molecule has 0 aliphatic carbocycles. The van der Waals surface area contributed by atoms with E-state index in [4.69, 9.17) is 9.47 Å². The normalized spacial score (nSPS) is 15.7. The Labute approximate surface area is 238 Å². The van der Waals surface area contributed by atoms with E-state index in [0.717, 1.165) is 37.0 Å². The first-order valence-electron chi connectivity index (χ1n) is 14.1. The number of morpholine rings is 1. The fourth-order valence-electron chi connectivity index (χ4n) is 5.30. The molecule has 0 atom stereocenters. The first-order valence-corrected chi connectivity index (χ1v) is 14.1. The van der Waals surface area contributed by atoms with E-state index in [-0.39, 0.29) is 5.56 Å². The molecule has 3 heterocycles. The summed E-state index contributed by atoms with van der Waals surface area (Å²) < 4.78 is 26.1. The molecule has 2 N–H and O–H groups in total. The number of anilines is 3. The van der Waals surface area contributed by atoms with Gasteiger partial charge >= 0.3 is 0 Å². The van der Waals surface area contributed by atoms with Gasteiger partial charge in [0.2, 0.25) is 11.8 Å². The number of fused-ring (bicyclic) bond motifs is 1. The molecule has 0 radical (unpaired) electrons. The molecular formula is C31H33FN6O3. The molecule has 212 valence electrons. The summed E-state index contributed by atoms with van der Waals surface area (Å²) in [5, 5.41) is 7.84. The molecular weight excluding hydrogens is 523 g/mol. The van der Waals surface area contributed by atoms with Crippen molar-refractivity contribution in [3.63, 3.8) is 0 Å². The minimum Gasteiger partial charge on any atom is -0.438 e. The first-order chi connectivity index (χ1) is 20.1. The highest BCUT2D eigenvalue weighted by atomic mass is 19.1. The van der Waals surface area contributed by atoms with Gasteiger partial charge in [-0.1, -0.05) is 24.3 Å². The predicted molar refractivity (Wildman–Crippen MR) is 158 cm³/mol. The minimum atomic E-state index is -0.456. The van der Waals surface area contributed by atoms with Gasteiger partial charge in [0.05, 0.1) is 13.2 Å². The van der Waals surface area contributed by atoms with Crippen molar-refractivity contribution >= 4 is 34.0 Å². The second kappa shape index (κ2) is 12.5. The van der Waals surface area contributed by atoms with Crippen LogP contribution in [0.25, 0.3) is 10.8 Å². The highest BCUT2D eigenvalue weighted by Crippen LogP contribution is 2.34. The maximum atomic E-state index is 14.5. The Balaban J connectivity index is 1.18. The number of hydrogen-bond donors (Lipinski definition) is 2. The lowest BCUT2D eigenvalue weighted by Crippen LogP contribution is -2.36. The van der Waals surface area contributed by atoms with Crippen LogP contribution in [-0.4, -0.2) is 73.3 Å². The summed E-state index contributed by atoms with van der Waals surface area (Å²) in [7, 11) is 0. The number of benzene rings is 3. The van der Waals surface area contributed by atoms with Crippen LogP contribution in [-0.2, 0) is 4.74 Å². The average molecular weight is 557 g/mol. The molecule has 3 aromatic carbocycles. The SMILES string of the molecule is O=C(Nc1ccc(Oc2ccnc(NCCN3CCCC3)n2)c2ccccc12)c1cc(F)cc(N2CCOCC2)c1. The molecule has 0 saturated carbocycles. The molecule has 41 heavy (non-hydrogen) atoms. The maximum absolute atomic E-state index is 14.5. The van der Waals surface area contributed by atoms with Crippen molar-refractivity contribution in [2.24, 2.45) is 0 Å². The maximum Gasteiger partial charge on any atom is 0.255 e. The summed E-state index contributed by atoms with van der Waals surface area (Å²) in [6.45, 7) is 6.46. The molecule has 2 aliphatic rings. The number of carbonyl (C=O) groups is 1. The van der Waals surface area contributed by atoms with Crippen molar-refractivity contribution in [1.29, 1.82) is 0 Å². The summed E-state index contributed by atoms with van der Waals surface area (Å²) in [5.41, 5.74) is 1.52. The number of aromatic nitrogens is 2. The van der Waals surface area contributed by atoms with Crippen LogP contribution in [0.1, 0.15) is 23.2 Å². The second-order valence-corrected chi connectivity index (χ2v) is 10.2. The summed E-state index contributed by atoms with van der Waals surface area (Å²) in [4.78, 5) is 26.5. The van der Waals surface area contributed by atoms with Crippen molar-refractivity contribution in [1.82, 2.24) is 14.9 Å². The van der Waals surface area contributed by atoms with Crippen molar-refractivity contribution in [3.8, 4) is 11.6 Å². The summed E-state index contributed by atoms with van der Waals surface area (Å²) in [5.74, 6) is 0.684. The molecule has 0 unspecified atom stereocenters. The zero-order valence-corrected chi connectivity index (χ0v) is 22.8. The highest BCUT2D eigenvalue weighted by molar-refractivity contribution is 6.10. The van der Waals surface area contributed by atoms with Crippen molar-refractivity contribution in [2.75, 3.05) is 68.0 Å². The van der Waals surface area contributed by atoms with Gasteiger partial charge in [-0.3, -0.25) is 4.79 Å². The zero-order valence-electron chi connectivity index (χ0n) is 22.8. The topological polar surface area (TPSA) is 91.8 Å². The van der Waals surface area contributed by atoms with Crippen molar-refractivity contribution < 1.29 is 18.7 Å². The molecule has 6 rings (SSSR count). The quantitative estimate of drug-likeness (QED) is 0.292. The lowest BCUT2D eigenvalue weighted by molar-refractivity contribution is 0.102. The number of carbonyl (C=O) groups excluding carboxylic acids is 1. The molecule has 10 heteroatoms. The van der Waals surface area contributed by atoms with Crippen LogP contribution < -0.4 is 20.3 Å². The van der Waals surface area contributed by atoms with Crippen molar-refractivity contribution in [2.45, 2.75) is 12.8 Å². The van der Waals surface area contributed by atoms with Crippen LogP contribution in [0.2, 0.25) is 0 Å². The fourth-order valence-corrected chi connectivity index (χ4v) is 5.30. The smallest absolute Gasteiger partial charge is 0.255 e. The minimum absolute atomic E-state index is 0.252. The molecule has 0 bridgehead atoms. The average Bonchev–Trinajstić information content (AvgIpc) is 3.52. The van der Waals surface area contributed by atoms with E-state index in [0.29, 0.717) is 55.3 Å². The van der Waals surface area contributed by atoms with E-state index in [9.17, 15) is 9.18 Å². The van der Waals surface area contributed by atoms with Gasteiger partial charge in [0.1, 0.15) is 11.6 Å². The Morgan fingerprint density at radius 1 is 0.976 bits per heavy atom. The Kier molecular flexibility index (Phi) is 8.20. The number of nitrogens with zero attached hydrogens (tertiary/aromatic N) is 4. The molecule has 9 nitrogen and oxygen atoms in total. The molecule has 2 aliphatic heterocycles. The van der Waals surface area contributed by atoms with E-state index in [1.54, 1.807) is 30.5 Å². The number of nitrogens with one attached hydrogen (secondary N) is 2. The standard InChI is InChI=1S/C31H33FN6O3/c32-23-19-22(20-24(21-23)38-15-17-40-18-16-38)30(39)35-27-7-8-28(26-6-2-1-5-25(26)27)41-29-9-10-33-31(36-29)34-11-14-37-12-3-4-13-37/h1-2,5-10,19-21H,3-4,11-18H2,(H,35,39)(H,33,34,36). The lowest BCUT2D eigenvalue weighted by atomic mass is 10.1. The Morgan fingerprint density at radius 3 is 2.61 bits per heavy atom. The summed E-state index contributed by atoms with van der Waals surface area (Å²) >= 11 is 0.